The lowest BCUT2D eigenvalue weighted by Crippen LogP contribution is -2.40. The Balaban J connectivity index is 1.48. The lowest BCUT2D eigenvalue weighted by Gasteiger charge is -2.32. The van der Waals surface area contributed by atoms with Crippen LogP contribution in [0, 0.1) is 0 Å². The zero-order valence-corrected chi connectivity index (χ0v) is 17.0. The molecule has 2 saturated heterocycles. The van der Waals surface area contributed by atoms with Crippen molar-refractivity contribution < 1.29 is 22.8 Å². The van der Waals surface area contributed by atoms with Crippen LogP contribution in [0.4, 0.5) is 13.2 Å². The van der Waals surface area contributed by atoms with Crippen molar-refractivity contribution in [2.24, 2.45) is 0 Å². The predicted molar refractivity (Wildman–Crippen MR) is 104 cm³/mol. The van der Waals surface area contributed by atoms with Gasteiger partial charge in [-0.1, -0.05) is 12.8 Å². The van der Waals surface area contributed by atoms with E-state index < -0.39 is 17.8 Å². The van der Waals surface area contributed by atoms with Crippen molar-refractivity contribution in [1.82, 2.24) is 30.2 Å². The Bertz CT molecular complexity index is 929. The number of piperidine rings is 1. The molecule has 0 aliphatic carbocycles. The molecule has 1 atom stereocenters. The molecule has 0 aromatic carbocycles. The maximum atomic E-state index is 13.1. The number of likely N-dealkylation sites (tertiary alicyclic amines) is 2. The minimum absolute atomic E-state index is 0.0591. The molecule has 11 heteroatoms. The van der Waals surface area contributed by atoms with Crippen molar-refractivity contribution in [1.29, 1.82) is 0 Å². The first-order chi connectivity index (χ1) is 14.8. The van der Waals surface area contributed by atoms with Crippen LogP contribution in [0.3, 0.4) is 0 Å². The fourth-order valence-corrected chi connectivity index (χ4v) is 4.36. The number of nitrogens with one attached hydrogen (secondary N) is 2. The minimum atomic E-state index is -4.59. The van der Waals surface area contributed by atoms with Crippen LogP contribution in [0.25, 0.3) is 0 Å². The monoisotopic (exact) mass is 438 g/mol. The summed E-state index contributed by atoms with van der Waals surface area (Å²) >= 11 is 0. The highest BCUT2D eigenvalue weighted by molar-refractivity contribution is 5.95. The van der Waals surface area contributed by atoms with Gasteiger partial charge in [-0.2, -0.15) is 23.4 Å². The molecule has 4 rings (SSSR count). The maximum Gasteiger partial charge on any atom is 0.432 e. The van der Waals surface area contributed by atoms with E-state index in [0.717, 1.165) is 51.3 Å². The van der Waals surface area contributed by atoms with Gasteiger partial charge in [0.25, 0.3) is 11.8 Å². The van der Waals surface area contributed by atoms with Crippen molar-refractivity contribution >= 4 is 11.8 Å². The standard InChI is InChI=1S/C20H25F3N6O2/c21-20(22,23)16-10-15(25-26-16)19(31)29-9-5-6-13(12-29)17-14(11-24-27-17)18(30)28-7-3-1-2-4-8-28/h10-11,13H,1-9,12H2,(H,24,27)(H,25,26)/t13-/m1/s1. The average Bonchev–Trinajstić information content (AvgIpc) is 3.37. The molecule has 0 unspecified atom stereocenters. The molecule has 2 fully saturated rings. The fraction of sp³-hybridized carbons (Fsp3) is 0.600. The molecule has 0 saturated carbocycles. The maximum absolute atomic E-state index is 13.1. The van der Waals surface area contributed by atoms with E-state index in [2.05, 4.69) is 15.3 Å². The summed E-state index contributed by atoms with van der Waals surface area (Å²) in [7, 11) is 0. The highest BCUT2D eigenvalue weighted by Crippen LogP contribution is 2.31. The second-order valence-electron chi connectivity index (χ2n) is 8.16. The van der Waals surface area contributed by atoms with E-state index in [0.29, 0.717) is 24.2 Å². The summed E-state index contributed by atoms with van der Waals surface area (Å²) in [6.07, 6.45) is 2.56. The number of amides is 2. The molecule has 2 amide bonds. The highest BCUT2D eigenvalue weighted by Gasteiger charge is 2.36. The first-order valence-corrected chi connectivity index (χ1v) is 10.6. The van der Waals surface area contributed by atoms with Crippen LogP contribution in [0.1, 0.15) is 76.7 Å². The van der Waals surface area contributed by atoms with Crippen molar-refractivity contribution in [2.45, 2.75) is 50.6 Å². The molecule has 2 aromatic rings. The molecule has 4 heterocycles. The topological polar surface area (TPSA) is 98.0 Å². The summed E-state index contributed by atoms with van der Waals surface area (Å²) in [6.45, 7) is 2.15. The Morgan fingerprint density at radius 3 is 2.35 bits per heavy atom. The number of halogens is 3. The number of carbonyl (C=O) groups excluding carboxylic acids is 2. The van der Waals surface area contributed by atoms with Gasteiger partial charge in [-0.3, -0.25) is 19.8 Å². The molecule has 0 bridgehead atoms. The lowest BCUT2D eigenvalue weighted by atomic mass is 9.92. The second kappa shape index (κ2) is 8.72. The fourth-order valence-electron chi connectivity index (χ4n) is 4.36. The van der Waals surface area contributed by atoms with Gasteiger partial charge in [0.15, 0.2) is 5.69 Å². The van der Waals surface area contributed by atoms with E-state index >= 15 is 0 Å². The predicted octanol–water partition coefficient (Wildman–Crippen LogP) is 3.19. The van der Waals surface area contributed by atoms with Crippen molar-refractivity contribution in [3.63, 3.8) is 0 Å². The summed E-state index contributed by atoms with van der Waals surface area (Å²) in [5, 5.41) is 12.4. The summed E-state index contributed by atoms with van der Waals surface area (Å²) in [5.41, 5.74) is -0.119. The molecule has 2 aliphatic heterocycles. The SMILES string of the molecule is O=C(c1cc(C(F)(F)F)[nH]n1)N1CCC[C@@H](c2[nH]ncc2C(=O)N2CCCCCC2)C1. The number of rotatable bonds is 3. The Morgan fingerprint density at radius 1 is 0.968 bits per heavy atom. The number of alkyl halides is 3. The summed E-state index contributed by atoms with van der Waals surface area (Å²) < 4.78 is 38.4. The number of hydrogen-bond donors (Lipinski definition) is 2. The van der Waals surface area contributed by atoms with Crippen LogP contribution in [0.2, 0.25) is 0 Å². The number of nitrogens with zero attached hydrogens (tertiary/aromatic N) is 4. The second-order valence-corrected chi connectivity index (χ2v) is 8.16. The molecule has 168 valence electrons. The third-order valence-electron chi connectivity index (χ3n) is 6.01. The molecule has 0 spiro atoms. The van der Waals surface area contributed by atoms with E-state index in [1.165, 1.54) is 11.1 Å². The van der Waals surface area contributed by atoms with E-state index in [1.807, 2.05) is 10.00 Å². The molecular weight excluding hydrogens is 413 g/mol. The van der Waals surface area contributed by atoms with Gasteiger partial charge in [-0.15, -0.1) is 0 Å². The Kier molecular flexibility index (Phi) is 6.01. The van der Waals surface area contributed by atoms with Crippen LogP contribution >= 0.6 is 0 Å². The van der Waals surface area contributed by atoms with Gasteiger partial charge in [-0.25, -0.2) is 0 Å². The van der Waals surface area contributed by atoms with Crippen LogP contribution in [0.15, 0.2) is 12.3 Å². The average molecular weight is 438 g/mol. The number of H-pyrrole nitrogens is 2. The van der Waals surface area contributed by atoms with Gasteiger partial charge in [0.2, 0.25) is 0 Å². The lowest BCUT2D eigenvalue weighted by molar-refractivity contribution is -0.141. The normalized spacial score (nSPS) is 20.5. The van der Waals surface area contributed by atoms with E-state index in [9.17, 15) is 22.8 Å². The zero-order valence-electron chi connectivity index (χ0n) is 17.0. The Labute approximate surface area is 177 Å². The van der Waals surface area contributed by atoms with Gasteiger partial charge >= 0.3 is 6.18 Å². The van der Waals surface area contributed by atoms with E-state index in [1.54, 1.807) is 0 Å². The van der Waals surface area contributed by atoms with Gasteiger partial charge in [-0.05, 0) is 25.7 Å². The van der Waals surface area contributed by atoms with E-state index in [4.69, 9.17) is 0 Å². The Hall–Kier alpha value is -2.85. The number of carbonyl (C=O) groups is 2. The van der Waals surface area contributed by atoms with Crippen LogP contribution in [0.5, 0.6) is 0 Å². The Morgan fingerprint density at radius 2 is 1.68 bits per heavy atom. The van der Waals surface area contributed by atoms with Crippen LogP contribution in [-0.4, -0.2) is 68.2 Å². The van der Waals surface area contributed by atoms with Gasteiger partial charge < -0.3 is 9.80 Å². The number of aromatic amines is 2. The van der Waals surface area contributed by atoms with Crippen LogP contribution < -0.4 is 0 Å². The summed E-state index contributed by atoms with van der Waals surface area (Å²) in [6, 6.07) is 0.733. The highest BCUT2D eigenvalue weighted by atomic mass is 19.4. The molecule has 2 aromatic heterocycles. The van der Waals surface area contributed by atoms with Gasteiger partial charge in [0, 0.05) is 38.2 Å². The van der Waals surface area contributed by atoms with Gasteiger partial charge in [0.05, 0.1) is 17.5 Å². The van der Waals surface area contributed by atoms with Crippen molar-refractivity contribution in [3.05, 3.63) is 34.9 Å². The smallest absolute Gasteiger partial charge is 0.339 e. The third kappa shape index (κ3) is 4.59. The summed E-state index contributed by atoms with van der Waals surface area (Å²) in [5.74, 6) is -0.764. The molecule has 2 aliphatic rings. The third-order valence-corrected chi connectivity index (χ3v) is 6.01. The molecule has 31 heavy (non-hydrogen) atoms. The summed E-state index contributed by atoms with van der Waals surface area (Å²) in [4.78, 5) is 29.2. The van der Waals surface area contributed by atoms with E-state index in [-0.39, 0.29) is 24.1 Å². The zero-order chi connectivity index (χ0) is 22.0. The van der Waals surface area contributed by atoms with Crippen molar-refractivity contribution in [2.75, 3.05) is 26.2 Å². The minimum Gasteiger partial charge on any atom is -0.339 e. The largest absolute Gasteiger partial charge is 0.432 e. The molecule has 2 N–H and O–H groups in total. The molecule has 8 nitrogen and oxygen atoms in total. The number of aromatic nitrogens is 4. The van der Waals surface area contributed by atoms with Gasteiger partial charge in [0.1, 0.15) is 5.69 Å². The van der Waals surface area contributed by atoms with Crippen molar-refractivity contribution in [3.8, 4) is 0 Å². The first kappa shape index (κ1) is 21.4. The molecular formula is C20H25F3N6O2. The first-order valence-electron chi connectivity index (χ1n) is 10.6. The van der Waals surface area contributed by atoms with Crippen LogP contribution in [-0.2, 0) is 6.18 Å². The quantitative estimate of drug-likeness (QED) is 0.769. The number of hydrogen-bond acceptors (Lipinski definition) is 4. The molecule has 0 radical (unpaired) electrons.